The molecule has 3 nitrogen and oxygen atoms in total. The van der Waals surface area contributed by atoms with Gasteiger partial charge in [-0.3, -0.25) is 4.79 Å². The third kappa shape index (κ3) is 3.74. The van der Waals surface area contributed by atoms with Crippen LogP contribution in [0, 0.1) is 5.92 Å². The lowest BCUT2D eigenvalue weighted by Crippen LogP contribution is -2.23. The molecule has 4 heteroatoms. The Morgan fingerprint density at radius 2 is 2.31 bits per heavy atom. The van der Waals surface area contributed by atoms with Crippen LogP contribution in [0.2, 0.25) is 5.02 Å². The van der Waals surface area contributed by atoms with E-state index < -0.39 is 0 Å². The van der Waals surface area contributed by atoms with Crippen LogP contribution in [0.4, 0.5) is 5.69 Å². The Kier molecular flexibility index (Phi) is 5.12. The molecule has 1 unspecified atom stereocenters. The van der Waals surface area contributed by atoms with E-state index in [4.69, 9.17) is 16.3 Å². The van der Waals surface area contributed by atoms with Gasteiger partial charge in [-0.25, -0.2) is 0 Å². The first-order valence-electron chi connectivity index (χ1n) is 5.24. The molecule has 0 aliphatic rings. The van der Waals surface area contributed by atoms with E-state index in [9.17, 15) is 4.79 Å². The lowest BCUT2D eigenvalue weighted by molar-refractivity contribution is -0.145. The van der Waals surface area contributed by atoms with E-state index in [1.54, 1.807) is 0 Å². The van der Waals surface area contributed by atoms with Crippen LogP contribution in [0.1, 0.15) is 13.3 Å². The van der Waals surface area contributed by atoms with Crippen molar-refractivity contribution < 1.29 is 9.53 Å². The van der Waals surface area contributed by atoms with Crippen molar-refractivity contribution >= 4 is 23.3 Å². The number of methoxy groups -OCH3 is 1. The van der Waals surface area contributed by atoms with Crippen molar-refractivity contribution in [2.75, 3.05) is 19.0 Å². The van der Waals surface area contributed by atoms with Crippen LogP contribution in [-0.2, 0) is 9.53 Å². The number of ether oxygens (including phenoxy) is 1. The molecular weight excluding hydrogens is 226 g/mol. The zero-order chi connectivity index (χ0) is 12.0. The zero-order valence-electron chi connectivity index (χ0n) is 9.50. The molecule has 1 N–H and O–H groups in total. The van der Waals surface area contributed by atoms with E-state index in [1.807, 2.05) is 31.2 Å². The smallest absolute Gasteiger partial charge is 0.310 e. The Bertz CT molecular complexity index is 355. The summed E-state index contributed by atoms with van der Waals surface area (Å²) in [6.07, 6.45) is 0.750. The molecule has 1 rings (SSSR count). The molecular formula is C12H16ClNO2. The Hall–Kier alpha value is -1.22. The molecule has 0 spiro atoms. The van der Waals surface area contributed by atoms with Gasteiger partial charge >= 0.3 is 5.97 Å². The minimum Gasteiger partial charge on any atom is -0.469 e. The van der Waals surface area contributed by atoms with Crippen molar-refractivity contribution in [3.8, 4) is 0 Å². The number of hydrogen-bond donors (Lipinski definition) is 1. The van der Waals surface area contributed by atoms with Crippen LogP contribution in [0.15, 0.2) is 24.3 Å². The summed E-state index contributed by atoms with van der Waals surface area (Å²) in [5, 5.41) is 3.84. The molecule has 0 saturated carbocycles. The second kappa shape index (κ2) is 6.38. The summed E-state index contributed by atoms with van der Waals surface area (Å²) in [7, 11) is 1.41. The highest BCUT2D eigenvalue weighted by Crippen LogP contribution is 2.16. The Balaban J connectivity index is 2.52. The molecule has 0 radical (unpaired) electrons. The standard InChI is InChI=1S/C12H16ClNO2/c1-3-9(12(15)16-2)8-14-11-6-4-5-10(13)7-11/h4-7,9,14H,3,8H2,1-2H3. The van der Waals surface area contributed by atoms with E-state index in [0.29, 0.717) is 11.6 Å². The van der Waals surface area contributed by atoms with Gasteiger partial charge in [0, 0.05) is 17.3 Å². The van der Waals surface area contributed by atoms with E-state index >= 15 is 0 Å². The maximum absolute atomic E-state index is 11.3. The summed E-state index contributed by atoms with van der Waals surface area (Å²) >= 11 is 5.85. The predicted octanol–water partition coefficient (Wildman–Crippen LogP) is 2.95. The summed E-state index contributed by atoms with van der Waals surface area (Å²) < 4.78 is 4.71. The van der Waals surface area contributed by atoms with Crippen LogP contribution < -0.4 is 5.32 Å². The number of esters is 1. The third-order valence-electron chi connectivity index (χ3n) is 2.40. The molecule has 0 bridgehead atoms. The number of carbonyl (C=O) groups excluding carboxylic acids is 1. The average molecular weight is 242 g/mol. The van der Waals surface area contributed by atoms with Crippen molar-refractivity contribution in [2.45, 2.75) is 13.3 Å². The van der Waals surface area contributed by atoms with E-state index in [-0.39, 0.29) is 11.9 Å². The minimum atomic E-state index is -0.183. The van der Waals surface area contributed by atoms with Gasteiger partial charge in [0.15, 0.2) is 0 Å². The van der Waals surface area contributed by atoms with Gasteiger partial charge in [-0.05, 0) is 24.6 Å². The molecule has 88 valence electrons. The first-order chi connectivity index (χ1) is 7.67. The topological polar surface area (TPSA) is 38.3 Å². The van der Waals surface area contributed by atoms with Crippen molar-refractivity contribution in [1.29, 1.82) is 0 Å². The minimum absolute atomic E-state index is 0.121. The average Bonchev–Trinajstić information content (AvgIpc) is 2.29. The SMILES string of the molecule is CCC(CNc1cccc(Cl)c1)C(=O)OC. The normalized spacial score (nSPS) is 11.9. The second-order valence-electron chi connectivity index (χ2n) is 3.52. The summed E-state index contributed by atoms with van der Waals surface area (Å²) in [5.74, 6) is -0.305. The number of hydrogen-bond acceptors (Lipinski definition) is 3. The van der Waals surface area contributed by atoms with Gasteiger partial charge in [-0.15, -0.1) is 0 Å². The van der Waals surface area contributed by atoms with Gasteiger partial charge in [0.1, 0.15) is 0 Å². The Labute approximate surface area is 101 Å². The number of benzene rings is 1. The predicted molar refractivity (Wildman–Crippen MR) is 65.7 cm³/mol. The summed E-state index contributed by atoms with van der Waals surface area (Å²) in [6.45, 7) is 2.52. The summed E-state index contributed by atoms with van der Waals surface area (Å²) in [5.41, 5.74) is 0.912. The number of anilines is 1. The lowest BCUT2D eigenvalue weighted by atomic mass is 10.1. The van der Waals surface area contributed by atoms with Crippen molar-refractivity contribution in [1.82, 2.24) is 0 Å². The first-order valence-corrected chi connectivity index (χ1v) is 5.62. The number of carbonyl (C=O) groups is 1. The van der Waals surface area contributed by atoms with Gasteiger partial charge < -0.3 is 10.1 Å². The highest BCUT2D eigenvalue weighted by Gasteiger charge is 2.16. The van der Waals surface area contributed by atoms with Crippen LogP contribution in [0.25, 0.3) is 0 Å². The largest absolute Gasteiger partial charge is 0.469 e. The fourth-order valence-electron chi connectivity index (χ4n) is 1.40. The highest BCUT2D eigenvalue weighted by molar-refractivity contribution is 6.30. The first kappa shape index (κ1) is 12.8. The van der Waals surface area contributed by atoms with E-state index in [2.05, 4.69) is 5.32 Å². The lowest BCUT2D eigenvalue weighted by Gasteiger charge is -2.14. The van der Waals surface area contributed by atoms with Crippen LogP contribution in [0.5, 0.6) is 0 Å². The molecule has 1 aromatic carbocycles. The third-order valence-corrected chi connectivity index (χ3v) is 2.64. The van der Waals surface area contributed by atoms with Gasteiger partial charge in [-0.2, -0.15) is 0 Å². The van der Waals surface area contributed by atoms with Gasteiger partial charge in [0.25, 0.3) is 0 Å². The van der Waals surface area contributed by atoms with Crippen molar-refractivity contribution in [3.63, 3.8) is 0 Å². The Morgan fingerprint density at radius 3 is 2.88 bits per heavy atom. The van der Waals surface area contributed by atoms with Gasteiger partial charge in [0.2, 0.25) is 0 Å². The van der Waals surface area contributed by atoms with Crippen molar-refractivity contribution in [3.05, 3.63) is 29.3 Å². The molecule has 0 amide bonds. The summed E-state index contributed by atoms with van der Waals surface area (Å²) in [4.78, 5) is 11.3. The van der Waals surface area contributed by atoms with Crippen molar-refractivity contribution in [2.24, 2.45) is 5.92 Å². The zero-order valence-corrected chi connectivity index (χ0v) is 10.3. The van der Waals surface area contributed by atoms with Gasteiger partial charge in [-0.1, -0.05) is 24.6 Å². The molecule has 16 heavy (non-hydrogen) atoms. The maximum atomic E-state index is 11.3. The number of nitrogens with one attached hydrogen (secondary N) is 1. The molecule has 0 saturated heterocycles. The quantitative estimate of drug-likeness (QED) is 0.806. The summed E-state index contributed by atoms with van der Waals surface area (Å²) in [6, 6.07) is 7.41. The molecule has 0 aliphatic carbocycles. The van der Waals surface area contributed by atoms with Crippen LogP contribution >= 0.6 is 11.6 Å². The fourth-order valence-corrected chi connectivity index (χ4v) is 1.59. The fraction of sp³-hybridized carbons (Fsp3) is 0.417. The molecule has 1 atom stereocenters. The maximum Gasteiger partial charge on any atom is 0.310 e. The van der Waals surface area contributed by atoms with Crippen LogP contribution in [0.3, 0.4) is 0 Å². The number of rotatable bonds is 5. The highest BCUT2D eigenvalue weighted by atomic mass is 35.5. The molecule has 0 aliphatic heterocycles. The number of halogens is 1. The van der Waals surface area contributed by atoms with E-state index in [0.717, 1.165) is 12.1 Å². The van der Waals surface area contributed by atoms with Crippen LogP contribution in [-0.4, -0.2) is 19.6 Å². The Morgan fingerprint density at radius 1 is 1.56 bits per heavy atom. The van der Waals surface area contributed by atoms with Gasteiger partial charge in [0.05, 0.1) is 13.0 Å². The molecule has 0 fully saturated rings. The molecule has 1 aromatic rings. The monoisotopic (exact) mass is 241 g/mol. The van der Waals surface area contributed by atoms with E-state index in [1.165, 1.54) is 7.11 Å². The molecule has 0 heterocycles. The second-order valence-corrected chi connectivity index (χ2v) is 3.96. The molecule has 0 aromatic heterocycles.